The maximum atomic E-state index is 12.8. The first-order chi connectivity index (χ1) is 12.4. The van der Waals surface area contributed by atoms with Gasteiger partial charge in [0.2, 0.25) is 11.8 Å². The molecule has 0 spiro atoms. The normalized spacial score (nSPS) is 10.2. The topological polar surface area (TPSA) is 95.5 Å². The number of nitrogens with one attached hydrogen (secondary N) is 2. The fourth-order valence-electron chi connectivity index (χ4n) is 1.99. The van der Waals surface area contributed by atoms with Gasteiger partial charge in [-0.3, -0.25) is 14.4 Å². The molecule has 0 aliphatic heterocycles. The number of aliphatic carboxylic acids is 1. The van der Waals surface area contributed by atoms with E-state index in [1.54, 1.807) is 24.3 Å². The van der Waals surface area contributed by atoms with Crippen molar-refractivity contribution >= 4 is 40.9 Å². The molecular formula is C18H17FN2O4S. The van der Waals surface area contributed by atoms with Crippen LogP contribution in [0, 0.1) is 5.82 Å². The highest BCUT2D eigenvalue weighted by Gasteiger charge is 2.08. The number of carbonyl (C=O) groups excluding carboxylic acids is 2. The summed E-state index contributed by atoms with van der Waals surface area (Å²) in [6, 6.07) is 12.4. The van der Waals surface area contributed by atoms with Crippen molar-refractivity contribution in [1.82, 2.24) is 0 Å². The molecule has 0 atom stereocenters. The van der Waals surface area contributed by atoms with Gasteiger partial charge in [-0.2, -0.15) is 0 Å². The molecule has 3 N–H and O–H groups in total. The Morgan fingerprint density at radius 1 is 0.923 bits per heavy atom. The average molecular weight is 376 g/mol. The third-order valence-corrected chi connectivity index (χ3v) is 4.18. The van der Waals surface area contributed by atoms with E-state index < -0.39 is 5.97 Å². The summed E-state index contributed by atoms with van der Waals surface area (Å²) < 4.78 is 12.8. The van der Waals surface area contributed by atoms with Crippen molar-refractivity contribution in [3.05, 3.63) is 54.3 Å². The minimum atomic E-state index is -1.03. The van der Waals surface area contributed by atoms with Crippen LogP contribution in [0.3, 0.4) is 0 Å². The van der Waals surface area contributed by atoms with Crippen molar-refractivity contribution in [3.63, 3.8) is 0 Å². The second-order valence-electron chi connectivity index (χ2n) is 5.31. The van der Waals surface area contributed by atoms with Gasteiger partial charge >= 0.3 is 5.97 Å². The molecule has 0 aliphatic rings. The molecule has 0 unspecified atom stereocenters. The molecule has 0 aliphatic carbocycles. The summed E-state index contributed by atoms with van der Waals surface area (Å²) in [4.78, 5) is 34.8. The highest BCUT2D eigenvalue weighted by atomic mass is 32.2. The van der Waals surface area contributed by atoms with Crippen molar-refractivity contribution in [1.29, 1.82) is 0 Å². The third kappa shape index (κ3) is 6.94. The van der Waals surface area contributed by atoms with E-state index in [-0.39, 0.29) is 36.2 Å². The SMILES string of the molecule is O=C(O)CCC(=O)Nc1cccc(SCC(=O)Nc2ccc(F)cc2)c1. The average Bonchev–Trinajstić information content (AvgIpc) is 2.60. The largest absolute Gasteiger partial charge is 0.481 e. The number of benzene rings is 2. The smallest absolute Gasteiger partial charge is 0.303 e. The summed E-state index contributed by atoms with van der Waals surface area (Å²) in [6.07, 6.45) is -0.337. The first-order valence-corrected chi connectivity index (χ1v) is 8.71. The zero-order valence-corrected chi connectivity index (χ0v) is 14.5. The van der Waals surface area contributed by atoms with Gasteiger partial charge in [-0.05, 0) is 42.5 Å². The minimum Gasteiger partial charge on any atom is -0.481 e. The number of carbonyl (C=O) groups is 3. The van der Waals surface area contributed by atoms with Gasteiger partial charge in [0.15, 0.2) is 0 Å². The van der Waals surface area contributed by atoms with Crippen molar-refractivity contribution < 1.29 is 23.9 Å². The maximum absolute atomic E-state index is 12.8. The highest BCUT2D eigenvalue weighted by molar-refractivity contribution is 8.00. The molecule has 8 heteroatoms. The summed E-state index contributed by atoms with van der Waals surface area (Å²) >= 11 is 1.28. The van der Waals surface area contributed by atoms with Gasteiger partial charge in [0.1, 0.15) is 5.82 Å². The Hall–Kier alpha value is -2.87. The van der Waals surface area contributed by atoms with E-state index in [4.69, 9.17) is 5.11 Å². The Labute approximate surface area is 153 Å². The molecule has 2 aromatic carbocycles. The molecule has 2 amide bonds. The Morgan fingerprint density at radius 2 is 1.62 bits per heavy atom. The van der Waals surface area contributed by atoms with Crippen molar-refractivity contribution in [2.75, 3.05) is 16.4 Å². The van der Waals surface area contributed by atoms with E-state index in [0.717, 1.165) is 4.90 Å². The minimum absolute atomic E-state index is 0.104. The summed E-state index contributed by atoms with van der Waals surface area (Å²) in [7, 11) is 0. The number of carboxylic acids is 1. The van der Waals surface area contributed by atoms with Crippen molar-refractivity contribution in [2.24, 2.45) is 0 Å². The highest BCUT2D eigenvalue weighted by Crippen LogP contribution is 2.22. The molecule has 2 aromatic rings. The van der Waals surface area contributed by atoms with E-state index in [9.17, 15) is 18.8 Å². The van der Waals surface area contributed by atoms with Crippen LogP contribution in [0.5, 0.6) is 0 Å². The number of halogens is 1. The van der Waals surface area contributed by atoms with Crippen LogP contribution in [0.2, 0.25) is 0 Å². The van der Waals surface area contributed by atoms with E-state index in [2.05, 4.69) is 10.6 Å². The standard InChI is InChI=1S/C18H17FN2O4S/c19-12-4-6-13(7-5-12)20-17(23)11-26-15-3-1-2-14(10-15)21-16(22)8-9-18(24)25/h1-7,10H,8-9,11H2,(H,20,23)(H,21,22)(H,24,25). The second kappa shape index (κ2) is 9.57. The molecule has 0 fully saturated rings. The number of rotatable bonds is 8. The van der Waals surface area contributed by atoms with Crippen LogP contribution in [0.1, 0.15) is 12.8 Å². The Balaban J connectivity index is 1.83. The fraction of sp³-hybridized carbons (Fsp3) is 0.167. The van der Waals surface area contributed by atoms with Crippen LogP contribution in [-0.2, 0) is 14.4 Å². The quantitative estimate of drug-likeness (QED) is 0.614. The van der Waals surface area contributed by atoms with Gasteiger partial charge in [-0.1, -0.05) is 6.07 Å². The number of thioether (sulfide) groups is 1. The molecule has 0 aromatic heterocycles. The molecule has 6 nitrogen and oxygen atoms in total. The molecule has 136 valence electrons. The monoisotopic (exact) mass is 376 g/mol. The van der Waals surface area contributed by atoms with Crippen molar-refractivity contribution in [2.45, 2.75) is 17.7 Å². The van der Waals surface area contributed by atoms with E-state index >= 15 is 0 Å². The lowest BCUT2D eigenvalue weighted by atomic mass is 10.2. The Morgan fingerprint density at radius 3 is 2.31 bits per heavy atom. The number of hydrogen-bond acceptors (Lipinski definition) is 4. The first-order valence-electron chi connectivity index (χ1n) is 7.72. The molecular weight excluding hydrogens is 359 g/mol. The van der Waals surface area contributed by atoms with Crippen LogP contribution in [0.4, 0.5) is 15.8 Å². The number of hydrogen-bond donors (Lipinski definition) is 3. The lowest BCUT2D eigenvalue weighted by Crippen LogP contribution is -2.14. The predicted molar refractivity (Wildman–Crippen MR) is 97.7 cm³/mol. The van der Waals surface area contributed by atoms with Crippen molar-refractivity contribution in [3.8, 4) is 0 Å². The van der Waals surface area contributed by atoms with Crippen LogP contribution < -0.4 is 10.6 Å². The molecule has 0 saturated carbocycles. The number of amides is 2. The molecule has 26 heavy (non-hydrogen) atoms. The Bertz CT molecular complexity index is 796. The second-order valence-corrected chi connectivity index (χ2v) is 6.36. The third-order valence-electron chi connectivity index (χ3n) is 3.18. The summed E-state index contributed by atoms with van der Waals surface area (Å²) in [6.45, 7) is 0. The summed E-state index contributed by atoms with van der Waals surface area (Å²) in [5, 5.41) is 13.9. The summed E-state index contributed by atoms with van der Waals surface area (Å²) in [5.74, 6) is -1.88. The van der Waals surface area contributed by atoms with Gasteiger partial charge in [0.25, 0.3) is 0 Å². The molecule has 2 rings (SSSR count). The number of carboxylic acid groups (broad SMARTS) is 1. The zero-order valence-electron chi connectivity index (χ0n) is 13.7. The van der Waals surface area contributed by atoms with Gasteiger partial charge in [0.05, 0.1) is 12.2 Å². The molecule has 0 radical (unpaired) electrons. The first kappa shape index (κ1) is 19.5. The van der Waals surface area contributed by atoms with E-state index in [0.29, 0.717) is 11.4 Å². The van der Waals surface area contributed by atoms with Gasteiger partial charge in [0, 0.05) is 22.7 Å². The lowest BCUT2D eigenvalue weighted by molar-refractivity contribution is -0.138. The molecule has 0 bridgehead atoms. The van der Waals surface area contributed by atoms with Crippen LogP contribution in [-0.4, -0.2) is 28.6 Å². The van der Waals surface area contributed by atoms with Gasteiger partial charge < -0.3 is 15.7 Å². The van der Waals surface area contributed by atoms with Crippen LogP contribution in [0.25, 0.3) is 0 Å². The van der Waals surface area contributed by atoms with Crippen LogP contribution >= 0.6 is 11.8 Å². The fourth-order valence-corrected chi connectivity index (χ4v) is 2.74. The van der Waals surface area contributed by atoms with Crippen LogP contribution in [0.15, 0.2) is 53.4 Å². The predicted octanol–water partition coefficient (Wildman–Crippen LogP) is 3.36. The molecule has 0 saturated heterocycles. The molecule has 0 heterocycles. The zero-order chi connectivity index (χ0) is 18.9. The lowest BCUT2D eigenvalue weighted by Gasteiger charge is -2.08. The number of anilines is 2. The van der Waals surface area contributed by atoms with Gasteiger partial charge in [-0.25, -0.2) is 4.39 Å². The van der Waals surface area contributed by atoms with Gasteiger partial charge in [-0.15, -0.1) is 11.8 Å². The summed E-state index contributed by atoms with van der Waals surface area (Å²) in [5.41, 5.74) is 1.04. The van der Waals surface area contributed by atoms with E-state index in [1.807, 2.05) is 0 Å². The van der Waals surface area contributed by atoms with E-state index in [1.165, 1.54) is 36.0 Å². The maximum Gasteiger partial charge on any atom is 0.303 e. The Kier molecular flexibility index (Phi) is 7.16.